The van der Waals surface area contributed by atoms with E-state index in [0.717, 1.165) is 74.6 Å². The van der Waals surface area contributed by atoms with Gasteiger partial charge in [0.25, 0.3) is 5.91 Å². The normalized spacial score (nSPS) is 26.2. The quantitative estimate of drug-likeness (QED) is 0.160. The second-order valence-electron chi connectivity index (χ2n) is 11.7. The van der Waals surface area contributed by atoms with Crippen LogP contribution in [-0.2, 0) is 19.1 Å². The zero-order valence-corrected chi connectivity index (χ0v) is 25.5. The minimum atomic E-state index is -0.655. The van der Waals surface area contributed by atoms with Crippen LogP contribution in [0.1, 0.15) is 68.9 Å². The molecule has 8 heteroatoms. The Morgan fingerprint density at radius 2 is 1.85 bits per heavy atom. The maximum atomic E-state index is 14.7. The van der Waals surface area contributed by atoms with E-state index in [1.807, 2.05) is 38.1 Å². The Hall–Kier alpha value is -2.58. The lowest BCUT2D eigenvalue weighted by molar-refractivity contribution is -0.154. The molecule has 224 valence electrons. The molecule has 0 aromatic heterocycles. The SMILES string of the molecule is C=CCCCCOC(=O)[C@@H]1[C@@H]2CCC3(S2)C(C(=O)N(CC=C)c2c(C)cccc2C)N(CCCCCCO)C(=O)[C@H]13. The Bertz CT molecular complexity index is 1120. The van der Waals surface area contributed by atoms with E-state index < -0.39 is 22.6 Å². The van der Waals surface area contributed by atoms with E-state index in [1.54, 1.807) is 27.6 Å². The lowest BCUT2D eigenvalue weighted by atomic mass is 9.71. The van der Waals surface area contributed by atoms with Crippen molar-refractivity contribution in [3.05, 3.63) is 54.6 Å². The third-order valence-electron chi connectivity index (χ3n) is 8.95. The molecule has 2 amide bonds. The number of aryl methyl sites for hydroxylation is 2. The molecular weight excluding hydrogens is 536 g/mol. The van der Waals surface area contributed by atoms with Gasteiger partial charge in [0.2, 0.25) is 5.91 Å². The van der Waals surface area contributed by atoms with Gasteiger partial charge >= 0.3 is 5.97 Å². The van der Waals surface area contributed by atoms with Gasteiger partial charge in [0.05, 0.1) is 23.2 Å². The summed E-state index contributed by atoms with van der Waals surface area (Å²) >= 11 is 1.68. The number of rotatable bonds is 16. The first kappa shape index (κ1) is 31.4. The van der Waals surface area contributed by atoms with Crippen LogP contribution in [0.3, 0.4) is 0 Å². The van der Waals surface area contributed by atoms with Crippen molar-refractivity contribution in [3.63, 3.8) is 0 Å². The summed E-state index contributed by atoms with van der Waals surface area (Å²) < 4.78 is 5.09. The van der Waals surface area contributed by atoms with Crippen molar-refractivity contribution in [2.45, 2.75) is 87.7 Å². The molecule has 2 bridgehead atoms. The maximum Gasteiger partial charge on any atom is 0.310 e. The lowest BCUT2D eigenvalue weighted by Gasteiger charge is -2.38. The zero-order valence-electron chi connectivity index (χ0n) is 24.7. The first-order valence-corrected chi connectivity index (χ1v) is 16.1. The third kappa shape index (κ3) is 6.14. The molecule has 3 aliphatic heterocycles. The molecule has 1 N–H and O–H groups in total. The number of hydrogen-bond donors (Lipinski definition) is 1. The third-order valence-corrected chi connectivity index (χ3v) is 10.9. The monoisotopic (exact) mass is 582 g/mol. The van der Waals surface area contributed by atoms with Gasteiger partial charge in [-0.05, 0) is 69.9 Å². The molecule has 0 aliphatic carbocycles. The van der Waals surface area contributed by atoms with Gasteiger partial charge in [0.15, 0.2) is 0 Å². The Morgan fingerprint density at radius 3 is 2.54 bits per heavy atom. The summed E-state index contributed by atoms with van der Waals surface area (Å²) in [6.07, 6.45) is 10.9. The molecular formula is C33H46N2O5S. The van der Waals surface area contributed by atoms with Gasteiger partial charge in [0.1, 0.15) is 6.04 Å². The Balaban J connectivity index is 1.66. The van der Waals surface area contributed by atoms with Crippen molar-refractivity contribution in [3.8, 4) is 0 Å². The van der Waals surface area contributed by atoms with Crippen LogP contribution in [0.4, 0.5) is 5.69 Å². The first-order valence-electron chi connectivity index (χ1n) is 15.2. The minimum absolute atomic E-state index is 0.0142. The number of carbonyl (C=O) groups is 3. The number of esters is 1. The fourth-order valence-electron chi connectivity index (χ4n) is 7.15. The van der Waals surface area contributed by atoms with E-state index in [1.165, 1.54) is 0 Å². The van der Waals surface area contributed by atoms with Gasteiger partial charge in [-0.3, -0.25) is 14.4 Å². The smallest absolute Gasteiger partial charge is 0.310 e. The number of hydrogen-bond acceptors (Lipinski definition) is 6. The highest BCUT2D eigenvalue weighted by atomic mass is 32.2. The van der Waals surface area contributed by atoms with Crippen LogP contribution < -0.4 is 4.90 Å². The highest BCUT2D eigenvalue weighted by Crippen LogP contribution is 2.66. The second kappa shape index (κ2) is 14.1. The van der Waals surface area contributed by atoms with Crippen LogP contribution >= 0.6 is 11.8 Å². The summed E-state index contributed by atoms with van der Waals surface area (Å²) in [5.41, 5.74) is 2.85. The number of likely N-dealkylation sites (tertiary alicyclic amines) is 1. The summed E-state index contributed by atoms with van der Waals surface area (Å²) in [6, 6.07) is 5.33. The van der Waals surface area contributed by atoms with E-state index in [9.17, 15) is 19.5 Å². The molecule has 3 aliphatic rings. The van der Waals surface area contributed by atoms with Crippen molar-refractivity contribution in [2.24, 2.45) is 11.8 Å². The number of nitrogens with zero attached hydrogens (tertiary/aromatic N) is 2. The van der Waals surface area contributed by atoms with Crippen molar-refractivity contribution >= 4 is 35.2 Å². The Kier molecular flexibility index (Phi) is 10.8. The fraction of sp³-hybridized carbons (Fsp3) is 0.606. The van der Waals surface area contributed by atoms with Crippen LogP contribution in [0.2, 0.25) is 0 Å². The maximum absolute atomic E-state index is 14.7. The number of anilines is 1. The topological polar surface area (TPSA) is 87.2 Å². The van der Waals surface area contributed by atoms with Crippen LogP contribution in [-0.4, -0.2) is 70.1 Å². The second-order valence-corrected chi connectivity index (χ2v) is 13.3. The van der Waals surface area contributed by atoms with Gasteiger partial charge in [-0.1, -0.05) is 43.2 Å². The average molecular weight is 583 g/mol. The zero-order chi connectivity index (χ0) is 29.6. The number of unbranched alkanes of at least 4 members (excludes halogenated alkanes) is 5. The largest absolute Gasteiger partial charge is 0.465 e. The molecule has 1 spiro atoms. The number of allylic oxidation sites excluding steroid dienone is 1. The molecule has 2 unspecified atom stereocenters. The van der Waals surface area contributed by atoms with Gasteiger partial charge < -0.3 is 19.6 Å². The molecule has 41 heavy (non-hydrogen) atoms. The summed E-state index contributed by atoms with van der Waals surface area (Å²) in [4.78, 5) is 46.0. The number of ether oxygens (including phenoxy) is 1. The van der Waals surface area contributed by atoms with E-state index in [2.05, 4.69) is 13.2 Å². The lowest BCUT2D eigenvalue weighted by Crippen LogP contribution is -2.55. The summed E-state index contributed by atoms with van der Waals surface area (Å²) in [5.74, 6) is -1.56. The molecule has 5 atom stereocenters. The average Bonchev–Trinajstić information content (AvgIpc) is 3.59. The van der Waals surface area contributed by atoms with Gasteiger partial charge in [0, 0.05) is 30.6 Å². The Labute approximate surface area is 249 Å². The number of amides is 2. The van der Waals surface area contributed by atoms with Crippen LogP contribution in [0.25, 0.3) is 0 Å². The van der Waals surface area contributed by atoms with E-state index in [-0.39, 0.29) is 29.6 Å². The van der Waals surface area contributed by atoms with Crippen molar-refractivity contribution in [1.82, 2.24) is 4.90 Å². The number of para-hydroxylation sites is 1. The predicted octanol–water partition coefficient (Wildman–Crippen LogP) is 5.37. The van der Waals surface area contributed by atoms with Gasteiger partial charge in [-0.15, -0.1) is 24.9 Å². The fourth-order valence-corrected chi connectivity index (χ4v) is 9.35. The van der Waals surface area contributed by atoms with Gasteiger partial charge in [-0.2, -0.15) is 0 Å². The summed E-state index contributed by atoms with van der Waals surface area (Å²) in [6.45, 7) is 13.0. The molecule has 3 heterocycles. The van der Waals surface area contributed by atoms with Crippen molar-refractivity contribution in [2.75, 3.05) is 31.2 Å². The number of carbonyl (C=O) groups excluding carboxylic acids is 3. The molecule has 1 aromatic rings. The molecule has 3 saturated heterocycles. The van der Waals surface area contributed by atoms with E-state index in [4.69, 9.17) is 4.74 Å². The molecule has 3 fully saturated rings. The van der Waals surface area contributed by atoms with E-state index in [0.29, 0.717) is 19.7 Å². The highest BCUT2D eigenvalue weighted by molar-refractivity contribution is 8.02. The molecule has 7 nitrogen and oxygen atoms in total. The predicted molar refractivity (Wildman–Crippen MR) is 165 cm³/mol. The summed E-state index contributed by atoms with van der Waals surface area (Å²) in [7, 11) is 0. The van der Waals surface area contributed by atoms with Crippen molar-refractivity contribution in [1.29, 1.82) is 0 Å². The summed E-state index contributed by atoms with van der Waals surface area (Å²) in [5, 5.41) is 9.18. The van der Waals surface area contributed by atoms with Crippen LogP contribution in [0.5, 0.6) is 0 Å². The Morgan fingerprint density at radius 1 is 1.12 bits per heavy atom. The number of aliphatic hydroxyl groups is 1. The van der Waals surface area contributed by atoms with Crippen LogP contribution in [0.15, 0.2) is 43.5 Å². The molecule has 0 radical (unpaired) electrons. The highest BCUT2D eigenvalue weighted by Gasteiger charge is 2.74. The minimum Gasteiger partial charge on any atom is -0.465 e. The number of fused-ring (bicyclic) bond motifs is 1. The van der Waals surface area contributed by atoms with Crippen molar-refractivity contribution < 1.29 is 24.2 Å². The number of aliphatic hydroxyl groups excluding tert-OH is 1. The number of thioether (sulfide) groups is 1. The molecule has 0 saturated carbocycles. The first-order chi connectivity index (χ1) is 19.8. The van der Waals surface area contributed by atoms with Gasteiger partial charge in [-0.25, -0.2) is 0 Å². The molecule has 1 aromatic carbocycles. The number of benzene rings is 1. The standard InChI is InChI=1S/C33H46N2O5S/c1-5-7-8-13-22-40-32(39)26-25-17-18-33(41-25)27(26)30(37)35(20-11-9-10-12-21-36)29(33)31(38)34(19-6-2)28-23(3)15-14-16-24(28)4/h5-6,14-16,25-27,29,36H,1-2,7-13,17-22H2,3-4H3/t25-,26+,27-,29?,33?/m0/s1. The van der Waals surface area contributed by atoms with Crippen LogP contribution in [0, 0.1) is 25.7 Å². The molecule has 4 rings (SSSR count). The van der Waals surface area contributed by atoms with E-state index >= 15 is 0 Å².